The summed E-state index contributed by atoms with van der Waals surface area (Å²) in [5.41, 5.74) is -1.46. The van der Waals surface area contributed by atoms with Gasteiger partial charge in [-0.05, 0) is 12.1 Å². The lowest BCUT2D eigenvalue weighted by molar-refractivity contribution is -0.137. The van der Waals surface area contributed by atoms with E-state index >= 15 is 0 Å². The molecule has 0 spiro atoms. The van der Waals surface area contributed by atoms with Crippen molar-refractivity contribution in [1.82, 2.24) is 14.6 Å². The van der Waals surface area contributed by atoms with Gasteiger partial charge in [-0.15, -0.1) is 0 Å². The van der Waals surface area contributed by atoms with Crippen LogP contribution in [0, 0.1) is 0 Å². The largest absolute Gasteiger partial charge is 0.418 e. The number of alkyl halides is 3. The number of aromatic nitrogens is 3. The molecule has 24 heavy (non-hydrogen) atoms. The second-order valence-corrected chi connectivity index (χ2v) is 5.29. The van der Waals surface area contributed by atoms with Gasteiger partial charge in [0, 0.05) is 17.6 Å². The molecule has 0 radical (unpaired) electrons. The van der Waals surface area contributed by atoms with Gasteiger partial charge in [-0.3, -0.25) is 4.79 Å². The number of halogens is 4. The molecule has 0 bridgehead atoms. The lowest BCUT2D eigenvalue weighted by Gasteiger charge is -2.13. The third-order valence-corrected chi connectivity index (χ3v) is 3.73. The van der Waals surface area contributed by atoms with Crippen LogP contribution >= 0.6 is 11.6 Å². The van der Waals surface area contributed by atoms with E-state index in [1.165, 1.54) is 7.05 Å². The third kappa shape index (κ3) is 2.69. The van der Waals surface area contributed by atoms with E-state index in [0.29, 0.717) is 6.20 Å². The van der Waals surface area contributed by atoms with Crippen LogP contribution in [0.5, 0.6) is 0 Å². The first-order valence-corrected chi connectivity index (χ1v) is 7.13. The van der Waals surface area contributed by atoms with Crippen molar-refractivity contribution >= 4 is 23.1 Å². The minimum Gasteiger partial charge on any atom is -0.357 e. The highest BCUT2D eigenvalue weighted by Gasteiger charge is 2.32. The van der Waals surface area contributed by atoms with E-state index in [4.69, 9.17) is 11.6 Å². The minimum absolute atomic E-state index is 0.0273. The van der Waals surface area contributed by atoms with Crippen molar-refractivity contribution in [2.45, 2.75) is 6.18 Å². The van der Waals surface area contributed by atoms with E-state index in [2.05, 4.69) is 15.4 Å². The van der Waals surface area contributed by atoms with Crippen LogP contribution < -0.4 is 10.9 Å². The molecule has 0 fully saturated rings. The average molecular weight is 355 g/mol. The number of nitrogens with zero attached hydrogens (tertiary/aromatic N) is 3. The Hall–Kier alpha value is -2.61. The molecular formula is C15H10ClF3N4O. The van der Waals surface area contributed by atoms with Gasteiger partial charge in [-0.1, -0.05) is 29.8 Å². The lowest BCUT2D eigenvalue weighted by atomic mass is 10.1. The van der Waals surface area contributed by atoms with Crippen molar-refractivity contribution in [2.75, 3.05) is 12.4 Å². The van der Waals surface area contributed by atoms with Crippen LogP contribution in [0.1, 0.15) is 5.56 Å². The quantitative estimate of drug-likeness (QED) is 0.765. The van der Waals surface area contributed by atoms with E-state index in [1.807, 2.05) is 0 Å². The van der Waals surface area contributed by atoms with E-state index < -0.39 is 17.3 Å². The fraction of sp³-hybridized carbons (Fsp3) is 0.133. The van der Waals surface area contributed by atoms with Gasteiger partial charge in [0.05, 0.1) is 22.8 Å². The fourth-order valence-corrected chi connectivity index (χ4v) is 2.55. The summed E-state index contributed by atoms with van der Waals surface area (Å²) in [6.07, 6.45) is -3.91. The molecule has 2 heterocycles. The van der Waals surface area contributed by atoms with Gasteiger partial charge in [0.15, 0.2) is 0 Å². The first-order chi connectivity index (χ1) is 11.3. The van der Waals surface area contributed by atoms with Crippen molar-refractivity contribution < 1.29 is 13.2 Å². The molecule has 1 aromatic carbocycles. The molecule has 9 heteroatoms. The second-order valence-electron chi connectivity index (χ2n) is 4.88. The monoisotopic (exact) mass is 354 g/mol. The summed E-state index contributed by atoms with van der Waals surface area (Å²) in [4.78, 5) is 16.2. The van der Waals surface area contributed by atoms with E-state index in [9.17, 15) is 18.0 Å². The van der Waals surface area contributed by atoms with E-state index in [-0.39, 0.29) is 27.6 Å². The Balaban J connectivity index is 2.46. The summed E-state index contributed by atoms with van der Waals surface area (Å²) in [5.74, 6) is 0.0273. The van der Waals surface area contributed by atoms with Crippen molar-refractivity contribution in [3.8, 4) is 11.1 Å². The third-order valence-electron chi connectivity index (χ3n) is 3.40. The molecule has 0 amide bonds. The van der Waals surface area contributed by atoms with Crippen molar-refractivity contribution in [3.63, 3.8) is 0 Å². The Morgan fingerprint density at radius 1 is 1.25 bits per heavy atom. The predicted molar refractivity (Wildman–Crippen MR) is 84.3 cm³/mol. The van der Waals surface area contributed by atoms with Crippen molar-refractivity contribution in [3.05, 3.63) is 57.5 Å². The molecule has 1 N–H and O–H groups in total. The van der Waals surface area contributed by atoms with Crippen LogP contribution in [0.15, 0.2) is 41.3 Å². The van der Waals surface area contributed by atoms with Crippen molar-refractivity contribution in [2.24, 2.45) is 0 Å². The van der Waals surface area contributed by atoms with E-state index in [1.54, 1.807) is 24.3 Å². The zero-order valence-corrected chi connectivity index (χ0v) is 13.0. The predicted octanol–water partition coefficient (Wildman–Crippen LogP) is 3.47. The lowest BCUT2D eigenvalue weighted by Crippen LogP contribution is -2.19. The summed E-state index contributed by atoms with van der Waals surface area (Å²) in [6, 6.07) is 7.22. The number of rotatable bonds is 2. The SMILES string of the molecule is CNc1nc(=O)c(-c2ccccc2Cl)c2cc(C(F)(F)F)cnn12. The van der Waals surface area contributed by atoms with Gasteiger partial charge in [0.1, 0.15) is 0 Å². The Morgan fingerprint density at radius 3 is 2.58 bits per heavy atom. The molecule has 0 unspecified atom stereocenters. The van der Waals surface area contributed by atoms with Crippen LogP contribution in [-0.4, -0.2) is 21.6 Å². The first kappa shape index (κ1) is 16.3. The summed E-state index contributed by atoms with van der Waals surface area (Å²) in [7, 11) is 1.49. The summed E-state index contributed by atoms with van der Waals surface area (Å²) in [5, 5.41) is 6.63. The van der Waals surface area contributed by atoms with Gasteiger partial charge in [-0.2, -0.15) is 27.8 Å². The smallest absolute Gasteiger partial charge is 0.357 e. The van der Waals surface area contributed by atoms with Gasteiger partial charge in [0.2, 0.25) is 5.95 Å². The maximum absolute atomic E-state index is 13.0. The number of benzene rings is 1. The van der Waals surface area contributed by atoms with Gasteiger partial charge >= 0.3 is 6.18 Å². The highest BCUT2D eigenvalue weighted by atomic mass is 35.5. The molecule has 0 atom stereocenters. The van der Waals surface area contributed by atoms with Gasteiger partial charge < -0.3 is 5.32 Å². The maximum Gasteiger partial charge on any atom is 0.418 e. The average Bonchev–Trinajstić information content (AvgIpc) is 2.54. The van der Waals surface area contributed by atoms with Crippen molar-refractivity contribution in [1.29, 1.82) is 0 Å². The zero-order valence-electron chi connectivity index (χ0n) is 12.2. The molecule has 3 rings (SSSR count). The minimum atomic E-state index is -4.59. The Kier molecular flexibility index (Phi) is 3.92. The second kappa shape index (κ2) is 5.79. The number of nitrogens with one attached hydrogen (secondary N) is 1. The highest BCUT2D eigenvalue weighted by molar-refractivity contribution is 6.33. The van der Waals surface area contributed by atoms with Crippen LogP contribution in [0.25, 0.3) is 16.6 Å². The molecule has 2 aromatic heterocycles. The van der Waals surface area contributed by atoms with E-state index in [0.717, 1.165) is 10.6 Å². The topological polar surface area (TPSA) is 59.3 Å². The molecule has 0 saturated carbocycles. The number of fused-ring (bicyclic) bond motifs is 1. The van der Waals surface area contributed by atoms with Gasteiger partial charge in [-0.25, -0.2) is 0 Å². The van der Waals surface area contributed by atoms with Crippen LogP contribution in [0.3, 0.4) is 0 Å². The summed E-state index contributed by atoms with van der Waals surface area (Å²) in [6.45, 7) is 0. The molecular weight excluding hydrogens is 345 g/mol. The Labute approximate surface area is 138 Å². The standard InChI is InChI=1S/C15H10ClF3N4O/c1-20-14-22-13(24)12(9-4-2-3-5-10(9)16)11-6-8(15(17,18)19)7-21-23(11)14/h2-7H,1H3,(H,20,22,24). The Bertz CT molecular complexity index is 985. The number of hydrogen-bond acceptors (Lipinski definition) is 4. The number of hydrogen-bond donors (Lipinski definition) is 1. The summed E-state index contributed by atoms with van der Waals surface area (Å²) >= 11 is 6.10. The fourth-order valence-electron chi connectivity index (χ4n) is 2.32. The molecule has 0 saturated heterocycles. The van der Waals surface area contributed by atoms with Crippen LogP contribution in [-0.2, 0) is 6.18 Å². The zero-order chi connectivity index (χ0) is 17.5. The maximum atomic E-state index is 13.0. The first-order valence-electron chi connectivity index (χ1n) is 6.76. The Morgan fingerprint density at radius 2 is 1.96 bits per heavy atom. The van der Waals surface area contributed by atoms with Gasteiger partial charge in [0.25, 0.3) is 5.56 Å². The molecule has 3 aromatic rings. The van der Waals surface area contributed by atoms with Crippen LogP contribution in [0.2, 0.25) is 5.02 Å². The highest BCUT2D eigenvalue weighted by Crippen LogP contribution is 2.33. The number of anilines is 1. The normalized spacial score (nSPS) is 11.7. The molecule has 0 aliphatic carbocycles. The van der Waals surface area contributed by atoms with Crippen LogP contribution in [0.4, 0.5) is 19.1 Å². The molecule has 0 aliphatic heterocycles. The summed E-state index contributed by atoms with van der Waals surface area (Å²) < 4.78 is 40.2. The molecule has 124 valence electrons. The molecule has 5 nitrogen and oxygen atoms in total. The molecule has 0 aliphatic rings.